The van der Waals surface area contributed by atoms with Crippen LogP contribution in [-0.2, 0) is 4.74 Å². The van der Waals surface area contributed by atoms with Gasteiger partial charge in [0.2, 0.25) is 0 Å². The second-order valence-electron chi connectivity index (χ2n) is 2.51. The molecule has 3 heteroatoms. The molecule has 0 aliphatic heterocycles. The van der Waals surface area contributed by atoms with Gasteiger partial charge in [0.05, 0.1) is 12.2 Å². The number of hydrogen-bond acceptors (Lipinski definition) is 1. The largest absolute Gasteiger partial charge is 0.373 e. The smallest absolute Gasteiger partial charge is 0.0666 e. The zero-order valence-electron chi connectivity index (χ0n) is 7.15. The van der Waals surface area contributed by atoms with Crippen molar-refractivity contribution in [3.05, 3.63) is 0 Å². The molecule has 0 saturated carbocycles. The van der Waals surface area contributed by atoms with Crippen LogP contribution >= 0.6 is 45.2 Å². The third-order valence-corrected chi connectivity index (χ3v) is 3.60. The molecule has 0 aliphatic carbocycles. The van der Waals surface area contributed by atoms with Gasteiger partial charge in [0.25, 0.3) is 0 Å². The van der Waals surface area contributed by atoms with Crippen molar-refractivity contribution in [2.24, 2.45) is 0 Å². The Bertz CT molecular complexity index is 70.2. The van der Waals surface area contributed by atoms with Gasteiger partial charge in [-0.1, -0.05) is 59.0 Å². The summed E-state index contributed by atoms with van der Waals surface area (Å²) in [6.07, 6.45) is 3.21. The van der Waals surface area contributed by atoms with Gasteiger partial charge in [-0.05, 0) is 12.8 Å². The van der Waals surface area contributed by atoms with Crippen molar-refractivity contribution in [3.8, 4) is 0 Å². The third kappa shape index (κ3) is 5.63. The lowest BCUT2D eigenvalue weighted by Gasteiger charge is -2.19. The van der Waals surface area contributed by atoms with Crippen molar-refractivity contribution in [2.75, 3.05) is 8.86 Å². The van der Waals surface area contributed by atoms with E-state index < -0.39 is 0 Å². The van der Waals surface area contributed by atoms with E-state index in [1.807, 2.05) is 0 Å². The van der Waals surface area contributed by atoms with Crippen LogP contribution in [0.4, 0.5) is 0 Å². The molecule has 0 fully saturated rings. The van der Waals surface area contributed by atoms with Crippen LogP contribution in [0.2, 0.25) is 0 Å². The minimum atomic E-state index is 0.468. The van der Waals surface area contributed by atoms with Crippen molar-refractivity contribution in [1.82, 2.24) is 0 Å². The van der Waals surface area contributed by atoms with Crippen molar-refractivity contribution in [2.45, 2.75) is 38.9 Å². The molecule has 11 heavy (non-hydrogen) atoms. The molecule has 0 heterocycles. The van der Waals surface area contributed by atoms with Gasteiger partial charge in [0.1, 0.15) is 0 Å². The SMILES string of the molecule is CCC(CI)OC(CC)CI. The van der Waals surface area contributed by atoms with E-state index in [0.29, 0.717) is 12.2 Å². The lowest BCUT2D eigenvalue weighted by molar-refractivity contribution is 0.0136. The summed E-state index contributed by atoms with van der Waals surface area (Å²) in [5, 5.41) is 0. The molecule has 2 unspecified atom stereocenters. The fraction of sp³-hybridized carbons (Fsp3) is 1.00. The summed E-state index contributed by atoms with van der Waals surface area (Å²) in [5.74, 6) is 0. The third-order valence-electron chi connectivity index (χ3n) is 1.64. The summed E-state index contributed by atoms with van der Waals surface area (Å²) in [5.41, 5.74) is 0. The van der Waals surface area contributed by atoms with E-state index in [1.165, 1.54) is 0 Å². The molecule has 0 aromatic rings. The molecular formula is C8H16I2O. The van der Waals surface area contributed by atoms with Gasteiger partial charge in [0, 0.05) is 8.86 Å². The predicted molar refractivity (Wildman–Crippen MR) is 67.0 cm³/mol. The Hall–Kier alpha value is 1.42. The highest BCUT2D eigenvalue weighted by molar-refractivity contribution is 14.1. The van der Waals surface area contributed by atoms with Crippen LogP contribution in [0.1, 0.15) is 26.7 Å². The highest BCUT2D eigenvalue weighted by Crippen LogP contribution is 2.10. The fourth-order valence-electron chi connectivity index (χ4n) is 0.756. The maximum absolute atomic E-state index is 5.83. The highest BCUT2D eigenvalue weighted by atomic mass is 127. The number of ether oxygens (including phenoxy) is 1. The van der Waals surface area contributed by atoms with Crippen LogP contribution < -0.4 is 0 Å². The van der Waals surface area contributed by atoms with Crippen LogP contribution in [0.3, 0.4) is 0 Å². The minimum Gasteiger partial charge on any atom is -0.373 e. The second-order valence-corrected chi connectivity index (χ2v) is 4.27. The van der Waals surface area contributed by atoms with Gasteiger partial charge in [-0.25, -0.2) is 0 Å². The van der Waals surface area contributed by atoms with Crippen molar-refractivity contribution < 1.29 is 4.74 Å². The number of hydrogen-bond donors (Lipinski definition) is 0. The van der Waals surface area contributed by atoms with Crippen molar-refractivity contribution in [3.63, 3.8) is 0 Å². The summed E-state index contributed by atoms with van der Waals surface area (Å²) in [6.45, 7) is 4.37. The van der Waals surface area contributed by atoms with Gasteiger partial charge in [-0.3, -0.25) is 0 Å². The van der Waals surface area contributed by atoms with Gasteiger partial charge < -0.3 is 4.74 Å². The first-order valence-electron chi connectivity index (χ1n) is 4.05. The lowest BCUT2D eigenvalue weighted by Crippen LogP contribution is -2.23. The lowest BCUT2D eigenvalue weighted by atomic mass is 10.3. The first kappa shape index (κ1) is 12.4. The molecule has 0 N–H and O–H groups in total. The Morgan fingerprint density at radius 1 is 1.00 bits per heavy atom. The molecule has 0 aromatic heterocycles. The van der Waals surface area contributed by atoms with Gasteiger partial charge in [-0.2, -0.15) is 0 Å². The minimum absolute atomic E-state index is 0.468. The molecular weight excluding hydrogens is 366 g/mol. The van der Waals surface area contributed by atoms with E-state index in [1.54, 1.807) is 0 Å². The molecule has 0 amide bonds. The highest BCUT2D eigenvalue weighted by Gasteiger charge is 2.10. The van der Waals surface area contributed by atoms with Gasteiger partial charge in [0.15, 0.2) is 0 Å². The van der Waals surface area contributed by atoms with Crippen LogP contribution in [0.25, 0.3) is 0 Å². The molecule has 1 nitrogen and oxygen atoms in total. The van der Waals surface area contributed by atoms with E-state index in [-0.39, 0.29) is 0 Å². The Morgan fingerprint density at radius 2 is 1.36 bits per heavy atom. The van der Waals surface area contributed by atoms with E-state index in [4.69, 9.17) is 4.74 Å². The zero-order chi connectivity index (χ0) is 8.69. The Morgan fingerprint density at radius 3 is 1.55 bits per heavy atom. The molecule has 0 spiro atoms. The zero-order valence-corrected chi connectivity index (χ0v) is 11.5. The van der Waals surface area contributed by atoms with Crippen LogP contribution in [0.15, 0.2) is 0 Å². The molecule has 0 aromatic carbocycles. The molecule has 0 aliphatic rings. The number of alkyl halides is 2. The normalized spacial score (nSPS) is 16.4. The van der Waals surface area contributed by atoms with E-state index in [0.717, 1.165) is 21.7 Å². The second kappa shape index (κ2) is 8.04. The quantitative estimate of drug-likeness (QED) is 0.506. The average molecular weight is 382 g/mol. The van der Waals surface area contributed by atoms with Crippen molar-refractivity contribution in [1.29, 1.82) is 0 Å². The summed E-state index contributed by atoms with van der Waals surface area (Å²) in [7, 11) is 0. The Balaban J connectivity index is 3.58. The monoisotopic (exact) mass is 382 g/mol. The maximum atomic E-state index is 5.83. The molecule has 68 valence electrons. The molecule has 0 rings (SSSR count). The van der Waals surface area contributed by atoms with Gasteiger partial charge in [-0.15, -0.1) is 0 Å². The predicted octanol–water partition coefficient (Wildman–Crippen LogP) is 3.43. The van der Waals surface area contributed by atoms with Crippen LogP contribution in [-0.4, -0.2) is 21.1 Å². The molecule has 0 bridgehead atoms. The van der Waals surface area contributed by atoms with E-state index >= 15 is 0 Å². The summed E-state index contributed by atoms with van der Waals surface area (Å²) in [6, 6.07) is 0. The standard InChI is InChI=1S/C8H16I2O/c1-3-7(5-9)11-8(4-2)6-10/h7-8H,3-6H2,1-2H3. The topological polar surface area (TPSA) is 9.23 Å². The van der Waals surface area contributed by atoms with Crippen LogP contribution in [0, 0.1) is 0 Å². The molecule has 0 radical (unpaired) electrons. The van der Waals surface area contributed by atoms with E-state index in [2.05, 4.69) is 59.0 Å². The Kier molecular flexibility index (Phi) is 9.08. The number of halogens is 2. The summed E-state index contributed by atoms with van der Waals surface area (Å²) >= 11 is 4.78. The van der Waals surface area contributed by atoms with E-state index in [9.17, 15) is 0 Å². The fourth-order valence-corrected chi connectivity index (χ4v) is 2.42. The molecule has 0 saturated heterocycles. The average Bonchev–Trinajstić information content (AvgIpc) is 2.07. The first-order valence-corrected chi connectivity index (χ1v) is 7.10. The summed E-state index contributed by atoms with van der Waals surface area (Å²) < 4.78 is 8.06. The number of rotatable bonds is 6. The van der Waals surface area contributed by atoms with Crippen molar-refractivity contribution >= 4 is 45.2 Å². The summed E-state index contributed by atoms with van der Waals surface area (Å²) in [4.78, 5) is 0. The first-order chi connectivity index (χ1) is 5.28. The van der Waals surface area contributed by atoms with Crippen LogP contribution in [0.5, 0.6) is 0 Å². The Labute approximate surface area is 96.9 Å². The van der Waals surface area contributed by atoms with Gasteiger partial charge >= 0.3 is 0 Å². The molecule has 2 atom stereocenters. The maximum Gasteiger partial charge on any atom is 0.0666 e.